The second-order valence-electron chi connectivity index (χ2n) is 4.48. The van der Waals surface area contributed by atoms with Crippen molar-refractivity contribution >= 4 is 33.3 Å². The van der Waals surface area contributed by atoms with Gasteiger partial charge < -0.3 is 10.4 Å². The Kier molecular flexibility index (Phi) is 6.17. The number of sulfone groups is 1. The highest BCUT2D eigenvalue weighted by Crippen LogP contribution is 2.17. The second kappa shape index (κ2) is 7.42. The number of hydrogen-bond donors (Lipinski definition) is 2. The van der Waals surface area contributed by atoms with Crippen LogP contribution >= 0.6 is 11.6 Å². The molecule has 0 fully saturated rings. The van der Waals surface area contributed by atoms with Gasteiger partial charge in [0.15, 0.2) is 15.9 Å². The van der Waals surface area contributed by atoms with E-state index in [9.17, 15) is 18.0 Å². The van der Waals surface area contributed by atoms with Crippen LogP contribution in [0.3, 0.4) is 0 Å². The minimum absolute atomic E-state index is 0.112. The van der Waals surface area contributed by atoms with Gasteiger partial charge in [-0.05, 0) is 24.1 Å². The molecule has 0 heterocycles. The third kappa shape index (κ3) is 5.73. The maximum absolute atomic E-state index is 11.7. The second-order valence-corrected chi connectivity index (χ2v) is 7.10. The smallest absolute Gasteiger partial charge is 0.330 e. The van der Waals surface area contributed by atoms with Crippen molar-refractivity contribution in [1.29, 1.82) is 0 Å². The number of carbonyl (C=O) groups is 2. The molecule has 1 rings (SSSR count). The standard InChI is InChI=1S/C13H16ClNO5S/c1-2-7-21(19,20)8-11(16)15-12(13(17)18)9-3-5-10(14)6-4-9/h3-6,12H,2,7-8H2,1H3,(H,15,16)(H,17,18). The molecule has 0 aliphatic rings. The van der Waals surface area contributed by atoms with E-state index >= 15 is 0 Å². The summed E-state index contributed by atoms with van der Waals surface area (Å²) in [7, 11) is -3.52. The average Bonchev–Trinajstić information content (AvgIpc) is 2.36. The molecule has 2 N–H and O–H groups in total. The number of amides is 1. The first kappa shape index (κ1) is 17.5. The molecule has 0 saturated heterocycles. The van der Waals surface area contributed by atoms with Crippen LogP contribution in [0.5, 0.6) is 0 Å². The van der Waals surface area contributed by atoms with E-state index in [0.717, 1.165) is 0 Å². The highest BCUT2D eigenvalue weighted by molar-refractivity contribution is 7.92. The Balaban J connectivity index is 2.82. The number of carboxylic acid groups (broad SMARTS) is 1. The average molecular weight is 334 g/mol. The van der Waals surface area contributed by atoms with Crippen molar-refractivity contribution in [2.75, 3.05) is 11.5 Å². The molecule has 0 saturated carbocycles. The van der Waals surface area contributed by atoms with Crippen molar-refractivity contribution in [3.8, 4) is 0 Å². The summed E-state index contributed by atoms with van der Waals surface area (Å²) < 4.78 is 23.1. The van der Waals surface area contributed by atoms with E-state index in [4.69, 9.17) is 16.7 Å². The zero-order chi connectivity index (χ0) is 16.0. The summed E-state index contributed by atoms with van der Waals surface area (Å²) in [6, 6.07) is 4.59. The summed E-state index contributed by atoms with van der Waals surface area (Å²) in [5.74, 6) is -2.96. The highest BCUT2D eigenvalue weighted by Gasteiger charge is 2.24. The predicted molar refractivity (Wildman–Crippen MR) is 78.9 cm³/mol. The lowest BCUT2D eigenvalue weighted by Crippen LogP contribution is -2.37. The molecule has 1 amide bonds. The van der Waals surface area contributed by atoms with E-state index < -0.39 is 33.5 Å². The Morgan fingerprint density at radius 3 is 2.33 bits per heavy atom. The van der Waals surface area contributed by atoms with Crippen LogP contribution < -0.4 is 5.32 Å². The number of nitrogens with one attached hydrogen (secondary N) is 1. The fourth-order valence-corrected chi connectivity index (χ4v) is 3.10. The highest BCUT2D eigenvalue weighted by atomic mass is 35.5. The molecule has 1 aromatic rings. The molecule has 0 aliphatic heterocycles. The van der Waals surface area contributed by atoms with E-state index in [0.29, 0.717) is 17.0 Å². The Morgan fingerprint density at radius 1 is 1.29 bits per heavy atom. The van der Waals surface area contributed by atoms with Crippen molar-refractivity contribution < 1.29 is 23.1 Å². The lowest BCUT2D eigenvalue weighted by molar-refractivity contribution is -0.141. The molecule has 1 unspecified atom stereocenters. The van der Waals surface area contributed by atoms with Crippen LogP contribution in [0.15, 0.2) is 24.3 Å². The van der Waals surface area contributed by atoms with Crippen LogP contribution in [-0.4, -0.2) is 36.9 Å². The lowest BCUT2D eigenvalue weighted by atomic mass is 10.1. The number of aliphatic carboxylic acids is 1. The van der Waals surface area contributed by atoms with Gasteiger partial charge >= 0.3 is 5.97 Å². The van der Waals surface area contributed by atoms with Gasteiger partial charge in [0.05, 0.1) is 5.75 Å². The van der Waals surface area contributed by atoms with Crippen LogP contribution in [-0.2, 0) is 19.4 Å². The Hall–Kier alpha value is -1.60. The van der Waals surface area contributed by atoms with Crippen molar-refractivity contribution in [2.24, 2.45) is 0 Å². The van der Waals surface area contributed by atoms with Crippen LogP contribution in [0.2, 0.25) is 5.02 Å². The first-order chi connectivity index (χ1) is 9.75. The van der Waals surface area contributed by atoms with Crippen molar-refractivity contribution in [3.63, 3.8) is 0 Å². The van der Waals surface area contributed by atoms with Gasteiger partial charge in [0.1, 0.15) is 5.75 Å². The van der Waals surface area contributed by atoms with Crippen LogP contribution in [0.25, 0.3) is 0 Å². The van der Waals surface area contributed by atoms with E-state index in [1.807, 2.05) is 0 Å². The third-order valence-electron chi connectivity index (χ3n) is 2.62. The Morgan fingerprint density at radius 2 is 1.86 bits per heavy atom. The normalized spacial score (nSPS) is 12.7. The van der Waals surface area contributed by atoms with E-state index in [-0.39, 0.29) is 5.75 Å². The molecule has 6 nitrogen and oxygen atoms in total. The molecule has 1 aromatic carbocycles. The minimum atomic E-state index is -3.52. The van der Waals surface area contributed by atoms with E-state index in [1.54, 1.807) is 6.92 Å². The molecule has 8 heteroatoms. The largest absolute Gasteiger partial charge is 0.479 e. The number of rotatable bonds is 7. The molecule has 116 valence electrons. The first-order valence-corrected chi connectivity index (χ1v) is 8.43. The number of halogens is 1. The van der Waals surface area contributed by atoms with Gasteiger partial charge in [-0.15, -0.1) is 0 Å². The molecule has 0 aliphatic carbocycles. The summed E-state index contributed by atoms with van der Waals surface area (Å²) in [6.07, 6.45) is 0.398. The predicted octanol–water partition coefficient (Wildman–Crippen LogP) is 1.41. The van der Waals surface area contributed by atoms with E-state index in [2.05, 4.69) is 5.32 Å². The fourth-order valence-electron chi connectivity index (χ4n) is 1.73. The van der Waals surface area contributed by atoms with Gasteiger partial charge in [-0.2, -0.15) is 0 Å². The summed E-state index contributed by atoms with van der Waals surface area (Å²) in [5.41, 5.74) is 0.313. The molecule has 0 aromatic heterocycles. The molecule has 0 bridgehead atoms. The van der Waals surface area contributed by atoms with Gasteiger partial charge in [-0.1, -0.05) is 30.7 Å². The SMILES string of the molecule is CCCS(=O)(=O)CC(=O)NC(C(=O)O)c1ccc(Cl)cc1. The Bertz CT molecular complexity index is 612. The topological polar surface area (TPSA) is 101 Å². The maximum atomic E-state index is 11.7. The number of carboxylic acids is 1. The maximum Gasteiger partial charge on any atom is 0.330 e. The van der Waals surface area contributed by atoms with Gasteiger partial charge in [0.2, 0.25) is 5.91 Å². The summed E-state index contributed by atoms with van der Waals surface area (Å²) in [4.78, 5) is 22.9. The van der Waals surface area contributed by atoms with Crippen molar-refractivity contribution in [3.05, 3.63) is 34.9 Å². The zero-order valence-corrected chi connectivity index (χ0v) is 12.9. The minimum Gasteiger partial charge on any atom is -0.479 e. The quantitative estimate of drug-likeness (QED) is 0.785. The monoisotopic (exact) mass is 333 g/mol. The van der Waals surface area contributed by atoms with Crippen LogP contribution in [0.1, 0.15) is 24.9 Å². The lowest BCUT2D eigenvalue weighted by Gasteiger charge is -2.15. The van der Waals surface area contributed by atoms with Crippen molar-refractivity contribution in [2.45, 2.75) is 19.4 Å². The van der Waals surface area contributed by atoms with E-state index in [1.165, 1.54) is 24.3 Å². The number of carbonyl (C=O) groups excluding carboxylic acids is 1. The Labute approximate surface area is 128 Å². The van der Waals surface area contributed by atoms with Gasteiger partial charge in [-0.3, -0.25) is 4.79 Å². The molecule has 21 heavy (non-hydrogen) atoms. The third-order valence-corrected chi connectivity index (χ3v) is 4.61. The number of benzene rings is 1. The molecular formula is C13H16ClNO5S. The molecular weight excluding hydrogens is 318 g/mol. The van der Waals surface area contributed by atoms with Crippen LogP contribution in [0.4, 0.5) is 0 Å². The molecule has 0 radical (unpaired) electrons. The summed E-state index contributed by atoms with van der Waals surface area (Å²) >= 11 is 5.71. The van der Waals surface area contributed by atoms with Crippen LogP contribution in [0, 0.1) is 0 Å². The van der Waals surface area contributed by atoms with Gasteiger partial charge in [-0.25, -0.2) is 13.2 Å². The summed E-state index contributed by atoms with van der Waals surface area (Å²) in [6.45, 7) is 1.68. The van der Waals surface area contributed by atoms with Crippen molar-refractivity contribution in [1.82, 2.24) is 5.32 Å². The molecule has 0 spiro atoms. The van der Waals surface area contributed by atoms with Gasteiger partial charge in [0.25, 0.3) is 0 Å². The fraction of sp³-hybridized carbons (Fsp3) is 0.385. The first-order valence-electron chi connectivity index (χ1n) is 6.23. The zero-order valence-electron chi connectivity index (χ0n) is 11.4. The molecule has 1 atom stereocenters. The number of hydrogen-bond acceptors (Lipinski definition) is 4. The van der Waals surface area contributed by atoms with Gasteiger partial charge in [0, 0.05) is 5.02 Å². The summed E-state index contributed by atoms with van der Waals surface area (Å²) in [5, 5.41) is 11.8.